The number of nitrogens with zero attached hydrogens (tertiary/aromatic N) is 1. The number of likely N-dealkylation sites (tertiary alicyclic amines) is 1. The Morgan fingerprint density at radius 1 is 1.12 bits per heavy atom. The van der Waals surface area contributed by atoms with Crippen LogP contribution >= 0.6 is 0 Å². The lowest BCUT2D eigenvalue weighted by Crippen LogP contribution is -2.55. The van der Waals surface area contributed by atoms with Crippen molar-refractivity contribution in [2.45, 2.75) is 77.3 Å². The van der Waals surface area contributed by atoms with Crippen LogP contribution in [0.4, 0.5) is 0 Å². The van der Waals surface area contributed by atoms with Gasteiger partial charge in [-0.1, -0.05) is 19.3 Å². The van der Waals surface area contributed by atoms with Crippen LogP contribution in [0, 0.1) is 11.8 Å². The molecule has 1 saturated heterocycles. The van der Waals surface area contributed by atoms with Crippen LogP contribution in [0.2, 0.25) is 0 Å². The molecule has 1 aliphatic carbocycles. The SMILES string of the molecule is CC(NC(=O)CC1CCCCC1)C(=O)N1CCC[C@H](C(=O)O)[C@@H]1C. The highest BCUT2D eigenvalue weighted by molar-refractivity contribution is 5.88. The normalized spacial score (nSPS) is 26.7. The quantitative estimate of drug-likeness (QED) is 0.804. The summed E-state index contributed by atoms with van der Waals surface area (Å²) in [7, 11) is 0. The summed E-state index contributed by atoms with van der Waals surface area (Å²) >= 11 is 0. The summed E-state index contributed by atoms with van der Waals surface area (Å²) in [4.78, 5) is 37.7. The maximum Gasteiger partial charge on any atom is 0.308 e. The predicted octanol–water partition coefficient (Wildman–Crippen LogP) is 2.17. The Morgan fingerprint density at radius 2 is 1.79 bits per heavy atom. The van der Waals surface area contributed by atoms with Crippen molar-refractivity contribution in [2.75, 3.05) is 6.54 Å². The van der Waals surface area contributed by atoms with Crippen LogP contribution in [0.15, 0.2) is 0 Å². The molecule has 1 aliphatic heterocycles. The van der Waals surface area contributed by atoms with Gasteiger partial charge in [-0.25, -0.2) is 0 Å². The predicted molar refractivity (Wildman–Crippen MR) is 90.3 cm³/mol. The lowest BCUT2D eigenvalue weighted by molar-refractivity contribution is -0.150. The van der Waals surface area contributed by atoms with Gasteiger partial charge < -0.3 is 15.3 Å². The molecule has 24 heavy (non-hydrogen) atoms. The minimum Gasteiger partial charge on any atom is -0.481 e. The Kier molecular flexibility index (Phi) is 6.63. The summed E-state index contributed by atoms with van der Waals surface area (Å²) in [6.45, 7) is 4.04. The van der Waals surface area contributed by atoms with Crippen LogP contribution in [0.1, 0.15) is 65.2 Å². The van der Waals surface area contributed by atoms with Crippen molar-refractivity contribution in [3.63, 3.8) is 0 Å². The van der Waals surface area contributed by atoms with E-state index in [1.807, 2.05) is 0 Å². The number of amides is 2. The molecule has 6 nitrogen and oxygen atoms in total. The Morgan fingerprint density at radius 3 is 2.42 bits per heavy atom. The monoisotopic (exact) mass is 338 g/mol. The zero-order valence-electron chi connectivity index (χ0n) is 14.8. The van der Waals surface area contributed by atoms with E-state index in [1.165, 1.54) is 19.3 Å². The molecular formula is C18H30N2O4. The van der Waals surface area contributed by atoms with E-state index in [2.05, 4.69) is 5.32 Å². The fourth-order valence-electron chi connectivity index (χ4n) is 4.05. The highest BCUT2D eigenvalue weighted by Crippen LogP contribution is 2.26. The maximum absolute atomic E-state index is 12.6. The lowest BCUT2D eigenvalue weighted by Gasteiger charge is -2.39. The molecule has 6 heteroatoms. The second-order valence-electron chi connectivity index (χ2n) is 7.36. The van der Waals surface area contributed by atoms with E-state index in [9.17, 15) is 19.5 Å². The number of carboxylic acids is 1. The topological polar surface area (TPSA) is 86.7 Å². The molecule has 3 atom stereocenters. The zero-order chi connectivity index (χ0) is 17.7. The van der Waals surface area contributed by atoms with Gasteiger partial charge in [-0.2, -0.15) is 0 Å². The van der Waals surface area contributed by atoms with Gasteiger partial charge in [0.05, 0.1) is 5.92 Å². The number of nitrogens with one attached hydrogen (secondary N) is 1. The van der Waals surface area contributed by atoms with E-state index in [-0.39, 0.29) is 17.9 Å². The van der Waals surface area contributed by atoms with Gasteiger partial charge >= 0.3 is 5.97 Å². The highest BCUT2D eigenvalue weighted by Gasteiger charge is 2.37. The van der Waals surface area contributed by atoms with Gasteiger partial charge in [0, 0.05) is 19.0 Å². The van der Waals surface area contributed by atoms with Gasteiger partial charge in [0.25, 0.3) is 0 Å². The molecule has 136 valence electrons. The molecule has 0 aromatic carbocycles. The number of aliphatic carboxylic acids is 1. The van der Waals surface area contributed by atoms with Crippen LogP contribution in [0.3, 0.4) is 0 Å². The first-order valence-electron chi connectivity index (χ1n) is 9.22. The van der Waals surface area contributed by atoms with E-state index in [1.54, 1.807) is 18.7 Å². The van der Waals surface area contributed by atoms with Gasteiger partial charge in [0.15, 0.2) is 0 Å². The summed E-state index contributed by atoms with van der Waals surface area (Å²) < 4.78 is 0. The van der Waals surface area contributed by atoms with Crippen molar-refractivity contribution in [2.24, 2.45) is 11.8 Å². The Hall–Kier alpha value is -1.59. The second kappa shape index (κ2) is 8.49. The standard InChI is InChI=1S/C18H30N2O4/c1-12(19-16(21)11-14-7-4-3-5-8-14)17(22)20-10-6-9-15(13(20)2)18(23)24/h12-15H,3-11H2,1-2H3,(H,19,21)(H,23,24)/t12?,13-,15-/m0/s1. The molecule has 0 aromatic rings. The number of rotatable bonds is 5. The van der Waals surface area contributed by atoms with Crippen LogP contribution in [-0.4, -0.2) is 46.4 Å². The molecule has 1 heterocycles. The van der Waals surface area contributed by atoms with Crippen LogP contribution in [0.5, 0.6) is 0 Å². The van der Waals surface area contributed by atoms with Crippen molar-refractivity contribution in [3.8, 4) is 0 Å². The van der Waals surface area contributed by atoms with Gasteiger partial charge in [-0.05, 0) is 45.4 Å². The first-order chi connectivity index (χ1) is 11.4. The van der Waals surface area contributed by atoms with Crippen molar-refractivity contribution in [3.05, 3.63) is 0 Å². The van der Waals surface area contributed by atoms with Crippen LogP contribution in [-0.2, 0) is 14.4 Å². The summed E-state index contributed by atoms with van der Waals surface area (Å²) in [5.41, 5.74) is 0. The van der Waals surface area contributed by atoms with Gasteiger partial charge in [0.2, 0.25) is 11.8 Å². The van der Waals surface area contributed by atoms with E-state index in [0.29, 0.717) is 31.7 Å². The highest BCUT2D eigenvalue weighted by atomic mass is 16.4. The van der Waals surface area contributed by atoms with Crippen LogP contribution < -0.4 is 5.32 Å². The fraction of sp³-hybridized carbons (Fsp3) is 0.833. The maximum atomic E-state index is 12.6. The second-order valence-corrected chi connectivity index (χ2v) is 7.36. The zero-order valence-corrected chi connectivity index (χ0v) is 14.8. The molecule has 2 rings (SSSR count). The summed E-state index contributed by atoms with van der Waals surface area (Å²) in [6.07, 6.45) is 7.61. The Balaban J connectivity index is 1.86. The number of carboxylic acid groups (broad SMARTS) is 1. The largest absolute Gasteiger partial charge is 0.481 e. The van der Waals surface area contributed by atoms with E-state index >= 15 is 0 Å². The average Bonchev–Trinajstić information content (AvgIpc) is 2.54. The molecule has 1 saturated carbocycles. The van der Waals surface area contributed by atoms with Gasteiger partial charge in [-0.15, -0.1) is 0 Å². The number of carbonyl (C=O) groups is 3. The summed E-state index contributed by atoms with van der Waals surface area (Å²) in [6, 6.07) is -0.933. The smallest absolute Gasteiger partial charge is 0.308 e. The van der Waals surface area contributed by atoms with E-state index in [0.717, 1.165) is 12.8 Å². The van der Waals surface area contributed by atoms with Crippen molar-refractivity contribution in [1.29, 1.82) is 0 Å². The number of hydrogen-bond donors (Lipinski definition) is 2. The molecule has 0 bridgehead atoms. The van der Waals surface area contributed by atoms with Crippen molar-refractivity contribution < 1.29 is 19.5 Å². The lowest BCUT2D eigenvalue weighted by atomic mass is 9.87. The molecule has 0 radical (unpaired) electrons. The minimum atomic E-state index is -0.853. The molecule has 2 aliphatic rings. The Bertz CT molecular complexity index is 474. The molecule has 2 N–H and O–H groups in total. The number of carbonyl (C=O) groups excluding carboxylic acids is 2. The number of hydrogen-bond acceptors (Lipinski definition) is 3. The summed E-state index contributed by atoms with van der Waals surface area (Å²) in [5.74, 6) is -1.18. The average molecular weight is 338 g/mol. The molecular weight excluding hydrogens is 308 g/mol. The van der Waals surface area contributed by atoms with Crippen LogP contribution in [0.25, 0.3) is 0 Å². The molecule has 0 spiro atoms. The molecule has 1 unspecified atom stereocenters. The van der Waals surface area contributed by atoms with E-state index < -0.39 is 17.9 Å². The van der Waals surface area contributed by atoms with Gasteiger partial charge in [-0.3, -0.25) is 14.4 Å². The molecule has 2 fully saturated rings. The van der Waals surface area contributed by atoms with Crippen molar-refractivity contribution >= 4 is 17.8 Å². The third-order valence-electron chi connectivity index (χ3n) is 5.54. The molecule has 0 aromatic heterocycles. The Labute approximate surface area is 144 Å². The molecule has 2 amide bonds. The number of piperidine rings is 1. The third-order valence-corrected chi connectivity index (χ3v) is 5.54. The van der Waals surface area contributed by atoms with Gasteiger partial charge in [0.1, 0.15) is 6.04 Å². The van der Waals surface area contributed by atoms with E-state index in [4.69, 9.17) is 0 Å². The third kappa shape index (κ3) is 4.71. The van der Waals surface area contributed by atoms with Crippen molar-refractivity contribution in [1.82, 2.24) is 10.2 Å². The summed E-state index contributed by atoms with van der Waals surface area (Å²) in [5, 5.41) is 12.1. The first-order valence-corrected chi connectivity index (χ1v) is 9.22. The fourth-order valence-corrected chi connectivity index (χ4v) is 4.05. The minimum absolute atomic E-state index is 0.0674. The first kappa shape index (κ1) is 18.7.